The number of rotatable bonds is 11. The summed E-state index contributed by atoms with van der Waals surface area (Å²) in [6.45, 7) is 3.83. The number of piperazine rings is 1. The summed E-state index contributed by atoms with van der Waals surface area (Å²) in [5.41, 5.74) is 2.15. The Hall–Kier alpha value is -5.70. The maximum Gasteiger partial charge on any atom is 0.255 e. The van der Waals surface area contributed by atoms with Gasteiger partial charge in [0.2, 0.25) is 23.7 Å². The molecule has 2 aromatic carbocycles. The molecular formula is C44H51F2N9O4. The lowest BCUT2D eigenvalue weighted by Gasteiger charge is -2.42. The first-order valence-electron chi connectivity index (χ1n) is 20.9. The first-order chi connectivity index (χ1) is 28.7. The molecule has 4 N–H and O–H groups in total. The highest BCUT2D eigenvalue weighted by Gasteiger charge is 2.32. The molecule has 3 unspecified atom stereocenters. The number of anilines is 3. The van der Waals surface area contributed by atoms with Crippen LogP contribution in [0.5, 0.6) is 0 Å². The number of halogens is 2. The zero-order chi connectivity index (χ0) is 40.9. The molecule has 4 aliphatic rings. The SMILES string of the molecule is O=C1CCC(Nc2ccc(N3CCN(C4CCC(CNC(=O)C5CCCC(Nc6ncc(F)c(-c7cccc(-n8ccccc8=O)c7)n6)C5)CC4)CC3)c(F)c2)C(=O)N1. The third kappa shape index (κ3) is 9.62. The van der Waals surface area contributed by atoms with Crippen LogP contribution < -0.4 is 31.7 Å². The number of hydrogen-bond acceptors (Lipinski definition) is 10. The van der Waals surface area contributed by atoms with Crippen molar-refractivity contribution in [3.63, 3.8) is 0 Å². The van der Waals surface area contributed by atoms with E-state index in [1.807, 2.05) is 0 Å². The molecule has 0 bridgehead atoms. The van der Waals surface area contributed by atoms with Crippen LogP contribution >= 0.6 is 0 Å². The van der Waals surface area contributed by atoms with Gasteiger partial charge < -0.3 is 20.9 Å². The summed E-state index contributed by atoms with van der Waals surface area (Å²) in [7, 11) is 0. The number of nitrogens with one attached hydrogen (secondary N) is 4. The molecule has 2 aliphatic carbocycles. The van der Waals surface area contributed by atoms with Crippen molar-refractivity contribution in [2.24, 2.45) is 11.8 Å². The number of aromatic nitrogens is 3. The van der Waals surface area contributed by atoms with E-state index in [0.717, 1.165) is 77.3 Å². The molecule has 3 amide bonds. The molecule has 2 aliphatic heterocycles. The Morgan fingerprint density at radius 1 is 0.847 bits per heavy atom. The molecule has 4 fully saturated rings. The summed E-state index contributed by atoms with van der Waals surface area (Å²) in [6, 6.07) is 16.8. The van der Waals surface area contributed by atoms with Crippen LogP contribution in [0.25, 0.3) is 16.9 Å². The highest BCUT2D eigenvalue weighted by atomic mass is 19.1. The maximum atomic E-state index is 15.2. The smallest absolute Gasteiger partial charge is 0.255 e. The number of piperidine rings is 1. The number of pyridine rings is 1. The van der Waals surface area contributed by atoms with E-state index in [4.69, 9.17) is 0 Å². The van der Waals surface area contributed by atoms with Gasteiger partial charge in [0.05, 0.1) is 11.9 Å². The third-order valence-corrected chi connectivity index (χ3v) is 12.4. The van der Waals surface area contributed by atoms with E-state index < -0.39 is 11.9 Å². The van der Waals surface area contributed by atoms with Crippen LogP contribution in [0.2, 0.25) is 0 Å². The van der Waals surface area contributed by atoms with Gasteiger partial charge in [0.25, 0.3) is 5.56 Å². The third-order valence-electron chi connectivity index (χ3n) is 12.4. The van der Waals surface area contributed by atoms with Crippen molar-refractivity contribution >= 4 is 35.0 Å². The van der Waals surface area contributed by atoms with Crippen LogP contribution in [0.1, 0.15) is 64.2 Å². The second kappa shape index (κ2) is 18.1. The predicted molar refractivity (Wildman–Crippen MR) is 221 cm³/mol. The van der Waals surface area contributed by atoms with Crippen molar-refractivity contribution in [2.45, 2.75) is 82.3 Å². The minimum atomic E-state index is -0.565. The zero-order valence-electron chi connectivity index (χ0n) is 33.0. The van der Waals surface area contributed by atoms with E-state index >= 15 is 8.78 Å². The molecular weight excluding hydrogens is 757 g/mol. The summed E-state index contributed by atoms with van der Waals surface area (Å²) in [6.07, 6.45) is 10.9. The van der Waals surface area contributed by atoms with Crippen molar-refractivity contribution in [3.05, 3.63) is 95.0 Å². The van der Waals surface area contributed by atoms with Gasteiger partial charge in [-0.15, -0.1) is 0 Å². The number of benzene rings is 2. The first kappa shape index (κ1) is 40.1. The number of amides is 3. The summed E-state index contributed by atoms with van der Waals surface area (Å²) < 4.78 is 31.8. The largest absolute Gasteiger partial charge is 0.374 e. The molecule has 310 valence electrons. The molecule has 8 rings (SSSR count). The molecule has 0 radical (unpaired) electrons. The molecule has 2 saturated carbocycles. The fourth-order valence-electron chi connectivity index (χ4n) is 9.14. The molecule has 4 aromatic rings. The Morgan fingerprint density at radius 3 is 2.46 bits per heavy atom. The average molecular weight is 808 g/mol. The van der Waals surface area contributed by atoms with Gasteiger partial charge >= 0.3 is 0 Å². The Kier molecular flexibility index (Phi) is 12.3. The van der Waals surface area contributed by atoms with E-state index in [2.05, 4.69) is 41.0 Å². The summed E-state index contributed by atoms with van der Waals surface area (Å²) in [4.78, 5) is 62.7. The van der Waals surface area contributed by atoms with Gasteiger partial charge in [0.15, 0.2) is 5.82 Å². The predicted octanol–water partition coefficient (Wildman–Crippen LogP) is 5.26. The van der Waals surface area contributed by atoms with E-state index in [1.165, 1.54) is 16.7 Å². The average Bonchev–Trinajstić information content (AvgIpc) is 3.25. The van der Waals surface area contributed by atoms with Crippen LogP contribution in [0.15, 0.2) is 77.9 Å². The van der Waals surface area contributed by atoms with Crippen molar-refractivity contribution in [1.29, 1.82) is 0 Å². The minimum Gasteiger partial charge on any atom is -0.374 e. The van der Waals surface area contributed by atoms with Gasteiger partial charge in [-0.05, 0) is 93.7 Å². The summed E-state index contributed by atoms with van der Waals surface area (Å²) >= 11 is 0. The quantitative estimate of drug-likeness (QED) is 0.148. The van der Waals surface area contributed by atoms with Crippen molar-refractivity contribution in [3.8, 4) is 16.9 Å². The summed E-state index contributed by atoms with van der Waals surface area (Å²) in [5.74, 6) is -0.888. The first-order valence-corrected chi connectivity index (χ1v) is 20.9. The topological polar surface area (TPSA) is 154 Å². The fourth-order valence-corrected chi connectivity index (χ4v) is 9.14. The number of imide groups is 1. The van der Waals surface area contributed by atoms with Crippen molar-refractivity contribution < 1.29 is 23.2 Å². The van der Waals surface area contributed by atoms with Crippen molar-refractivity contribution in [2.75, 3.05) is 48.3 Å². The fraction of sp³-hybridized carbons (Fsp3) is 0.455. The molecule has 2 aromatic heterocycles. The van der Waals surface area contributed by atoms with Crippen LogP contribution in [-0.2, 0) is 14.4 Å². The lowest BCUT2D eigenvalue weighted by Crippen LogP contribution is -2.51. The lowest BCUT2D eigenvalue weighted by molar-refractivity contribution is -0.133. The van der Waals surface area contributed by atoms with E-state index in [9.17, 15) is 19.2 Å². The Morgan fingerprint density at radius 2 is 1.68 bits per heavy atom. The van der Waals surface area contributed by atoms with Crippen LogP contribution in [0.3, 0.4) is 0 Å². The number of carbonyl (C=O) groups is 3. The lowest BCUT2D eigenvalue weighted by atomic mass is 9.83. The number of nitrogens with zero attached hydrogens (tertiary/aromatic N) is 5. The molecule has 15 heteroatoms. The second-order valence-electron chi connectivity index (χ2n) is 16.3. The van der Waals surface area contributed by atoms with Crippen LogP contribution in [0.4, 0.5) is 26.1 Å². The van der Waals surface area contributed by atoms with Gasteiger partial charge in [0, 0.05) is 86.3 Å². The standard InChI is InChI=1S/C44H51F2N9O4/c45-35-25-32(49-37-15-17-39(56)51-43(37)59)12-16-38(35)54-21-19-53(20-22-54)33-13-10-28(11-14-33)26-47-42(58)30-6-3-7-31(23-30)50-44-48-27-36(46)41(52-44)29-5-4-8-34(24-29)55-18-2-1-9-40(55)57/h1-2,4-5,8-9,12,16,18,24-25,27-28,30-31,33,37,49H,3,6-7,10-11,13-15,17,19-23,26H2,(H,47,58)(H,48,50,52)(H,51,56,59). The van der Waals surface area contributed by atoms with Gasteiger partial charge in [-0.3, -0.25) is 34.0 Å². The van der Waals surface area contributed by atoms with E-state index in [-0.39, 0.29) is 53.2 Å². The van der Waals surface area contributed by atoms with Gasteiger partial charge in [-0.1, -0.05) is 24.6 Å². The number of carbonyl (C=O) groups excluding carboxylic acids is 3. The monoisotopic (exact) mass is 807 g/mol. The normalized spacial score (nSPS) is 24.0. The molecule has 2 saturated heterocycles. The van der Waals surface area contributed by atoms with Crippen molar-refractivity contribution in [1.82, 2.24) is 30.1 Å². The zero-order valence-corrected chi connectivity index (χ0v) is 33.0. The maximum absolute atomic E-state index is 15.2. The number of hydrogen-bond donors (Lipinski definition) is 4. The van der Waals surface area contributed by atoms with E-state index in [1.54, 1.807) is 54.7 Å². The van der Waals surface area contributed by atoms with Gasteiger partial charge in [0.1, 0.15) is 17.6 Å². The Bertz CT molecular complexity index is 2220. The highest BCUT2D eigenvalue weighted by Crippen LogP contribution is 2.32. The highest BCUT2D eigenvalue weighted by molar-refractivity contribution is 6.01. The second-order valence-corrected chi connectivity index (χ2v) is 16.3. The summed E-state index contributed by atoms with van der Waals surface area (Å²) in [5, 5.41) is 12.0. The Balaban J connectivity index is 0.768. The molecule has 4 heterocycles. The molecule has 3 atom stereocenters. The molecule has 0 spiro atoms. The van der Waals surface area contributed by atoms with Gasteiger partial charge in [-0.25, -0.2) is 18.7 Å². The van der Waals surface area contributed by atoms with Crippen LogP contribution in [-0.4, -0.2) is 88.0 Å². The molecule has 59 heavy (non-hydrogen) atoms. The molecule has 13 nitrogen and oxygen atoms in total. The van der Waals surface area contributed by atoms with E-state index in [0.29, 0.717) is 59.9 Å². The van der Waals surface area contributed by atoms with Crippen LogP contribution in [0, 0.1) is 23.5 Å². The van der Waals surface area contributed by atoms with Gasteiger partial charge in [-0.2, -0.15) is 0 Å². The minimum absolute atomic E-state index is 0.0270. The Labute approximate surface area is 342 Å².